The van der Waals surface area contributed by atoms with Crippen LogP contribution >= 0.6 is 0 Å². The Bertz CT molecular complexity index is 356. The number of rotatable bonds is 2. The Hall–Kier alpha value is -0.960. The van der Waals surface area contributed by atoms with Gasteiger partial charge in [-0.25, -0.2) is 8.78 Å². The van der Waals surface area contributed by atoms with E-state index < -0.39 is 18.2 Å². The van der Waals surface area contributed by atoms with E-state index in [9.17, 15) is 8.78 Å². The minimum atomic E-state index is -0.558. The molecule has 1 heterocycles. The maximum absolute atomic E-state index is 13.3. The molecule has 76 valence electrons. The Morgan fingerprint density at radius 2 is 2.36 bits per heavy atom. The van der Waals surface area contributed by atoms with Gasteiger partial charge in [0.1, 0.15) is 11.6 Å². The summed E-state index contributed by atoms with van der Waals surface area (Å²) < 4.78 is 38.3. The number of ether oxygens (including phenoxy) is 1. The summed E-state index contributed by atoms with van der Waals surface area (Å²) in [5.41, 5.74) is 0.499. The molecule has 14 heavy (non-hydrogen) atoms. The normalized spacial score (nSPS) is 27.7. The van der Waals surface area contributed by atoms with Gasteiger partial charge < -0.3 is 4.74 Å². The highest BCUT2D eigenvalue weighted by atomic mass is 19.1. The molecule has 0 saturated carbocycles. The third-order valence-corrected chi connectivity index (χ3v) is 2.40. The molecule has 0 N–H and O–H groups in total. The maximum atomic E-state index is 13.3. The van der Waals surface area contributed by atoms with Crippen LogP contribution in [-0.2, 0) is 11.2 Å². The molecular weight excluding hydrogens is 186 g/mol. The van der Waals surface area contributed by atoms with Gasteiger partial charge in [-0.05, 0) is 30.4 Å². The molecule has 1 aliphatic heterocycles. The highest BCUT2D eigenvalue weighted by Crippen LogP contribution is 2.20. The maximum Gasteiger partial charge on any atom is 0.129 e. The van der Waals surface area contributed by atoms with Gasteiger partial charge in [0.05, 0.1) is 1.37 Å². The molecule has 1 fully saturated rings. The second-order valence-electron chi connectivity index (χ2n) is 3.54. The number of hydrogen-bond donors (Lipinski definition) is 0. The van der Waals surface area contributed by atoms with Crippen molar-refractivity contribution in [2.45, 2.75) is 12.8 Å². The van der Waals surface area contributed by atoms with Crippen molar-refractivity contribution in [3.8, 4) is 0 Å². The first-order valence-electron chi connectivity index (χ1n) is 5.20. The van der Waals surface area contributed by atoms with Gasteiger partial charge in [0.15, 0.2) is 0 Å². The van der Waals surface area contributed by atoms with Crippen LogP contribution in [0, 0.1) is 17.6 Å². The van der Waals surface area contributed by atoms with Gasteiger partial charge in [0, 0.05) is 19.3 Å². The van der Waals surface area contributed by atoms with Crippen LogP contribution in [0.25, 0.3) is 0 Å². The van der Waals surface area contributed by atoms with Crippen LogP contribution in [0.2, 0.25) is 0 Å². The Labute approximate surface area is 83.1 Å². The summed E-state index contributed by atoms with van der Waals surface area (Å²) in [6.07, 6.45) is 1.14. The molecule has 0 amide bonds. The van der Waals surface area contributed by atoms with E-state index in [0.29, 0.717) is 25.0 Å². The van der Waals surface area contributed by atoms with E-state index in [1.807, 2.05) is 0 Å². The third-order valence-electron chi connectivity index (χ3n) is 2.40. The predicted octanol–water partition coefficient (Wildman–Crippen LogP) is 2.54. The SMILES string of the molecule is [2H]C1CC(Cc2ccc(F)cc2F)CO1. The van der Waals surface area contributed by atoms with Crippen molar-refractivity contribution in [1.82, 2.24) is 0 Å². The Morgan fingerprint density at radius 3 is 3.00 bits per heavy atom. The zero-order valence-corrected chi connectivity index (χ0v) is 7.67. The van der Waals surface area contributed by atoms with Gasteiger partial charge >= 0.3 is 0 Å². The topological polar surface area (TPSA) is 9.23 Å². The molecule has 3 heteroatoms. The largest absolute Gasteiger partial charge is 0.381 e. The van der Waals surface area contributed by atoms with Crippen molar-refractivity contribution >= 4 is 0 Å². The summed E-state index contributed by atoms with van der Waals surface area (Å²) in [5, 5.41) is 0. The second-order valence-corrected chi connectivity index (χ2v) is 3.54. The van der Waals surface area contributed by atoms with Crippen LogP contribution in [-0.4, -0.2) is 13.2 Å². The summed E-state index contributed by atoms with van der Waals surface area (Å²) in [6, 6.07) is 3.61. The van der Waals surface area contributed by atoms with Crippen molar-refractivity contribution in [3.63, 3.8) is 0 Å². The molecule has 0 aliphatic carbocycles. The molecule has 1 saturated heterocycles. The molecule has 2 unspecified atom stereocenters. The lowest BCUT2D eigenvalue weighted by molar-refractivity contribution is 0.185. The van der Waals surface area contributed by atoms with E-state index in [1.54, 1.807) is 0 Å². The third kappa shape index (κ3) is 2.10. The van der Waals surface area contributed by atoms with Crippen LogP contribution in [0.4, 0.5) is 8.78 Å². The van der Waals surface area contributed by atoms with Crippen LogP contribution in [0.5, 0.6) is 0 Å². The van der Waals surface area contributed by atoms with E-state index in [0.717, 1.165) is 6.07 Å². The number of hydrogen-bond acceptors (Lipinski definition) is 1. The lowest BCUT2D eigenvalue weighted by Crippen LogP contribution is -2.05. The highest BCUT2D eigenvalue weighted by molar-refractivity contribution is 5.19. The molecule has 1 aromatic carbocycles. The molecule has 0 spiro atoms. The molecule has 0 aromatic heterocycles. The van der Waals surface area contributed by atoms with Gasteiger partial charge in [-0.3, -0.25) is 0 Å². The van der Waals surface area contributed by atoms with Gasteiger partial charge in [-0.15, -0.1) is 0 Å². The minimum absolute atomic E-state index is 0.174. The van der Waals surface area contributed by atoms with Crippen LogP contribution in [0.3, 0.4) is 0 Å². The van der Waals surface area contributed by atoms with E-state index in [4.69, 9.17) is 6.11 Å². The molecule has 1 nitrogen and oxygen atoms in total. The van der Waals surface area contributed by atoms with Gasteiger partial charge in [-0.1, -0.05) is 6.07 Å². The average molecular weight is 199 g/mol. The fourth-order valence-electron chi connectivity index (χ4n) is 1.62. The Balaban J connectivity index is 2.04. The van der Waals surface area contributed by atoms with Crippen LogP contribution < -0.4 is 0 Å². The number of halogens is 2. The van der Waals surface area contributed by atoms with Gasteiger partial charge in [0.2, 0.25) is 0 Å². The predicted molar refractivity (Wildman–Crippen MR) is 49.0 cm³/mol. The monoisotopic (exact) mass is 199 g/mol. The van der Waals surface area contributed by atoms with E-state index in [-0.39, 0.29) is 5.92 Å². The first kappa shape index (κ1) is 8.36. The van der Waals surface area contributed by atoms with E-state index in [1.165, 1.54) is 12.1 Å². The lowest BCUT2D eigenvalue weighted by Gasteiger charge is -2.08. The smallest absolute Gasteiger partial charge is 0.129 e. The summed E-state index contributed by atoms with van der Waals surface area (Å²) in [5.74, 6) is -0.895. The Kier molecular flexibility index (Phi) is 2.42. The zero-order chi connectivity index (χ0) is 10.8. The lowest BCUT2D eigenvalue weighted by atomic mass is 9.98. The van der Waals surface area contributed by atoms with Crippen LogP contribution in [0.15, 0.2) is 18.2 Å². The van der Waals surface area contributed by atoms with Crippen molar-refractivity contribution in [2.24, 2.45) is 5.92 Å². The standard InChI is InChI=1S/C11H12F2O/c12-10-2-1-9(11(13)6-10)5-8-3-4-14-7-8/h1-2,6,8H,3-5,7H2/i4D. The first-order chi connectivity index (χ1) is 7.15. The molecular formula is C11H12F2O. The van der Waals surface area contributed by atoms with E-state index >= 15 is 0 Å². The van der Waals surface area contributed by atoms with Gasteiger partial charge in [0.25, 0.3) is 0 Å². The molecule has 0 bridgehead atoms. The fraction of sp³-hybridized carbons (Fsp3) is 0.455. The summed E-state index contributed by atoms with van der Waals surface area (Å²) in [7, 11) is 0. The summed E-state index contributed by atoms with van der Waals surface area (Å²) in [4.78, 5) is 0. The van der Waals surface area contributed by atoms with Crippen molar-refractivity contribution in [3.05, 3.63) is 35.4 Å². The van der Waals surface area contributed by atoms with Gasteiger partial charge in [-0.2, -0.15) is 0 Å². The van der Waals surface area contributed by atoms with Crippen molar-refractivity contribution in [1.29, 1.82) is 0 Å². The number of benzene rings is 1. The first-order valence-corrected chi connectivity index (χ1v) is 4.63. The quantitative estimate of drug-likeness (QED) is 0.711. The zero-order valence-electron chi connectivity index (χ0n) is 8.67. The minimum Gasteiger partial charge on any atom is -0.381 e. The summed E-state index contributed by atoms with van der Waals surface area (Å²) >= 11 is 0. The molecule has 1 aromatic rings. The summed E-state index contributed by atoms with van der Waals surface area (Å²) in [6.45, 7) is 0.00356. The fourth-order valence-corrected chi connectivity index (χ4v) is 1.62. The van der Waals surface area contributed by atoms with Crippen molar-refractivity contribution in [2.75, 3.05) is 13.2 Å². The highest BCUT2D eigenvalue weighted by Gasteiger charge is 2.17. The molecule has 0 radical (unpaired) electrons. The van der Waals surface area contributed by atoms with E-state index in [2.05, 4.69) is 0 Å². The molecule has 2 rings (SSSR count). The molecule has 1 aliphatic rings. The second kappa shape index (κ2) is 4.05. The van der Waals surface area contributed by atoms with Crippen LogP contribution in [0.1, 0.15) is 13.4 Å². The molecule has 2 atom stereocenters. The average Bonchev–Trinajstić information content (AvgIpc) is 2.56. The Morgan fingerprint density at radius 1 is 1.50 bits per heavy atom. The van der Waals surface area contributed by atoms with Crippen molar-refractivity contribution < 1.29 is 14.9 Å².